The van der Waals surface area contributed by atoms with Gasteiger partial charge in [0.05, 0.1) is 26.8 Å². The van der Waals surface area contributed by atoms with Gasteiger partial charge in [0.2, 0.25) is 11.8 Å². The van der Waals surface area contributed by atoms with Crippen molar-refractivity contribution in [1.82, 2.24) is 0 Å². The maximum absolute atomic E-state index is 13.1. The number of amides is 2. The second-order valence-corrected chi connectivity index (χ2v) is 9.61. The summed E-state index contributed by atoms with van der Waals surface area (Å²) in [7, 11) is 0. The highest BCUT2D eigenvalue weighted by molar-refractivity contribution is 6.67. The average molecular weight is 491 g/mol. The third-order valence-corrected chi connectivity index (χ3v) is 9.49. The molecule has 1 aromatic rings. The SMILES string of the molecule is O=C1C2C(C(=O)N1c1ccccc1[N+](=O)[O-])C1(Cl)C(Cl)=C(Cl)C2(Cl)C1(Cl)Cl. The summed E-state index contributed by atoms with van der Waals surface area (Å²) in [6.07, 6.45) is 0. The summed E-state index contributed by atoms with van der Waals surface area (Å²) < 4.78 is -2.05. The first-order chi connectivity index (χ1) is 12.4. The summed E-state index contributed by atoms with van der Waals surface area (Å²) in [5, 5.41) is 10.9. The van der Waals surface area contributed by atoms with Crippen molar-refractivity contribution >= 4 is 92.8 Å². The van der Waals surface area contributed by atoms with E-state index < -0.39 is 48.3 Å². The molecule has 2 bridgehead atoms. The van der Waals surface area contributed by atoms with Gasteiger partial charge in [0.15, 0.2) is 4.33 Å². The highest BCUT2D eigenvalue weighted by atomic mass is 35.5. The van der Waals surface area contributed by atoms with Gasteiger partial charge >= 0.3 is 0 Å². The van der Waals surface area contributed by atoms with Crippen LogP contribution in [0.1, 0.15) is 0 Å². The number of hydrogen-bond acceptors (Lipinski definition) is 4. The Kier molecular flexibility index (Phi) is 4.09. The molecule has 4 rings (SSSR count). The van der Waals surface area contributed by atoms with Crippen LogP contribution in [-0.4, -0.2) is 30.8 Å². The van der Waals surface area contributed by atoms with Gasteiger partial charge in [0.25, 0.3) is 5.69 Å². The van der Waals surface area contributed by atoms with Crippen LogP contribution >= 0.6 is 69.6 Å². The van der Waals surface area contributed by atoms with Crippen LogP contribution in [-0.2, 0) is 9.59 Å². The molecule has 0 spiro atoms. The standard InChI is InChI=1S/C15H6Cl6N2O4/c16-9-10(17)14(19)8-7(13(9,18)15(14,20)21)11(24)22(12(8)25)5-3-1-2-4-6(5)23(26)27/h1-4,7-8H. The van der Waals surface area contributed by atoms with E-state index in [4.69, 9.17) is 69.6 Å². The first kappa shape index (κ1) is 19.6. The highest BCUT2D eigenvalue weighted by Gasteiger charge is 2.87. The molecule has 12 heteroatoms. The minimum absolute atomic E-state index is 0.214. The molecule has 27 heavy (non-hydrogen) atoms. The molecule has 1 saturated carbocycles. The summed E-state index contributed by atoms with van der Waals surface area (Å²) in [4.78, 5) is 33.7. The predicted molar refractivity (Wildman–Crippen MR) is 103 cm³/mol. The molecule has 2 aliphatic carbocycles. The third-order valence-electron chi connectivity index (χ3n) is 5.23. The topological polar surface area (TPSA) is 80.5 Å². The highest BCUT2D eigenvalue weighted by Crippen LogP contribution is 2.77. The molecule has 1 heterocycles. The fourth-order valence-corrected chi connectivity index (χ4v) is 6.97. The van der Waals surface area contributed by atoms with Gasteiger partial charge in [-0.2, -0.15) is 0 Å². The summed E-state index contributed by atoms with van der Waals surface area (Å²) in [5.74, 6) is -4.36. The molecule has 1 aliphatic heterocycles. The molecule has 0 radical (unpaired) electrons. The van der Waals surface area contributed by atoms with E-state index in [2.05, 4.69) is 0 Å². The lowest BCUT2D eigenvalue weighted by atomic mass is 9.84. The number of fused-ring (bicyclic) bond motifs is 5. The number of hydrogen-bond donors (Lipinski definition) is 0. The number of carbonyl (C=O) groups is 2. The van der Waals surface area contributed by atoms with Gasteiger partial charge in [-0.15, -0.1) is 23.2 Å². The summed E-state index contributed by atoms with van der Waals surface area (Å²) in [6.45, 7) is 0. The average Bonchev–Trinajstić information content (AvgIpc) is 2.99. The monoisotopic (exact) mass is 488 g/mol. The minimum atomic E-state index is -2.05. The van der Waals surface area contributed by atoms with E-state index >= 15 is 0 Å². The van der Waals surface area contributed by atoms with Gasteiger partial charge in [0, 0.05) is 6.07 Å². The van der Waals surface area contributed by atoms with Crippen LogP contribution in [0.25, 0.3) is 0 Å². The van der Waals surface area contributed by atoms with Crippen LogP contribution in [0.3, 0.4) is 0 Å². The van der Waals surface area contributed by atoms with Crippen LogP contribution in [0.5, 0.6) is 0 Å². The first-order valence-corrected chi connectivity index (χ1v) is 9.63. The minimum Gasteiger partial charge on any atom is -0.274 e. The van der Waals surface area contributed by atoms with Crippen LogP contribution in [0.15, 0.2) is 34.3 Å². The molecule has 4 unspecified atom stereocenters. The Bertz CT molecular complexity index is 935. The number of allylic oxidation sites excluding steroid dienone is 2. The number of anilines is 1. The first-order valence-electron chi connectivity index (χ1n) is 7.37. The van der Waals surface area contributed by atoms with Crippen molar-refractivity contribution < 1.29 is 14.5 Å². The van der Waals surface area contributed by atoms with E-state index in [1.54, 1.807) is 0 Å². The van der Waals surface area contributed by atoms with E-state index in [-0.39, 0.29) is 15.8 Å². The van der Waals surface area contributed by atoms with E-state index in [1.807, 2.05) is 0 Å². The normalized spacial score (nSPS) is 36.6. The van der Waals surface area contributed by atoms with Gasteiger partial charge in [-0.25, -0.2) is 4.90 Å². The largest absolute Gasteiger partial charge is 0.293 e. The molecular formula is C15H6Cl6N2O4. The second kappa shape index (κ2) is 5.65. The second-order valence-electron chi connectivity index (χ2n) is 6.34. The molecule has 0 N–H and O–H groups in total. The van der Waals surface area contributed by atoms with E-state index in [1.165, 1.54) is 18.2 Å². The van der Waals surface area contributed by atoms with Crippen LogP contribution in [0.4, 0.5) is 11.4 Å². The number of alkyl halides is 4. The van der Waals surface area contributed by atoms with Crippen molar-refractivity contribution in [2.24, 2.45) is 11.8 Å². The molecule has 2 fully saturated rings. The number of halogens is 6. The molecular weight excluding hydrogens is 485 g/mol. The fourth-order valence-electron chi connectivity index (χ4n) is 4.04. The zero-order valence-corrected chi connectivity index (χ0v) is 17.3. The van der Waals surface area contributed by atoms with Crippen LogP contribution < -0.4 is 4.90 Å². The number of nitro groups is 1. The Morgan fingerprint density at radius 3 is 1.81 bits per heavy atom. The van der Waals surface area contributed by atoms with E-state index in [0.29, 0.717) is 4.90 Å². The van der Waals surface area contributed by atoms with Gasteiger partial charge in [-0.1, -0.05) is 58.5 Å². The number of carbonyl (C=O) groups excluding carboxylic acids is 2. The molecule has 142 valence electrons. The molecule has 1 aromatic carbocycles. The van der Waals surface area contributed by atoms with Crippen LogP contribution in [0.2, 0.25) is 0 Å². The smallest absolute Gasteiger partial charge is 0.274 e. The fraction of sp³-hybridized carbons (Fsp3) is 0.333. The lowest BCUT2D eigenvalue weighted by Gasteiger charge is -2.34. The van der Waals surface area contributed by atoms with Crippen molar-refractivity contribution in [3.8, 4) is 0 Å². The lowest BCUT2D eigenvalue weighted by Crippen LogP contribution is -2.50. The van der Waals surface area contributed by atoms with E-state index in [0.717, 1.165) is 6.07 Å². The zero-order valence-electron chi connectivity index (χ0n) is 12.8. The number of nitrogens with zero attached hydrogens (tertiary/aromatic N) is 2. The lowest BCUT2D eigenvalue weighted by molar-refractivity contribution is -0.384. The quantitative estimate of drug-likeness (QED) is 0.264. The molecule has 2 amide bonds. The Morgan fingerprint density at radius 1 is 0.926 bits per heavy atom. The Hall–Kier alpha value is -0.760. The maximum atomic E-state index is 13.1. The van der Waals surface area contributed by atoms with Gasteiger partial charge in [-0.05, 0) is 6.07 Å². The van der Waals surface area contributed by atoms with Crippen LogP contribution in [0, 0.1) is 22.0 Å². The molecule has 3 aliphatic rings. The van der Waals surface area contributed by atoms with Gasteiger partial charge in [-0.3, -0.25) is 19.7 Å². The van der Waals surface area contributed by atoms with Gasteiger partial charge < -0.3 is 0 Å². The maximum Gasteiger partial charge on any atom is 0.293 e. The van der Waals surface area contributed by atoms with Gasteiger partial charge in [0.1, 0.15) is 15.4 Å². The number of rotatable bonds is 2. The third kappa shape index (κ3) is 1.92. The summed E-state index contributed by atoms with van der Waals surface area (Å²) in [5.41, 5.74) is -0.652. The van der Waals surface area contributed by atoms with Crippen molar-refractivity contribution in [2.45, 2.75) is 14.1 Å². The van der Waals surface area contributed by atoms with Crippen molar-refractivity contribution in [3.05, 3.63) is 44.4 Å². The molecule has 4 atom stereocenters. The predicted octanol–water partition coefficient (Wildman–Crippen LogP) is 4.55. The number of para-hydroxylation sites is 2. The number of benzene rings is 1. The summed E-state index contributed by atoms with van der Waals surface area (Å²) >= 11 is 38.3. The molecule has 6 nitrogen and oxygen atoms in total. The molecule has 0 aromatic heterocycles. The van der Waals surface area contributed by atoms with Crippen molar-refractivity contribution in [3.63, 3.8) is 0 Å². The van der Waals surface area contributed by atoms with Crippen molar-refractivity contribution in [1.29, 1.82) is 0 Å². The number of nitro benzene ring substituents is 1. The van der Waals surface area contributed by atoms with E-state index in [9.17, 15) is 19.7 Å². The zero-order chi connectivity index (χ0) is 20.1. The molecule has 1 saturated heterocycles. The number of imide groups is 1. The Balaban J connectivity index is 1.93. The van der Waals surface area contributed by atoms with Crippen molar-refractivity contribution in [2.75, 3.05) is 4.90 Å². The summed E-state index contributed by atoms with van der Waals surface area (Å²) in [6, 6.07) is 5.28. The Morgan fingerprint density at radius 2 is 1.37 bits per heavy atom. The Labute approximate surface area is 182 Å².